The third kappa shape index (κ3) is 8.52. The van der Waals surface area contributed by atoms with Crippen molar-refractivity contribution in [2.45, 2.75) is 30.7 Å². The number of rotatable bonds is 12. The van der Waals surface area contributed by atoms with E-state index in [4.69, 9.17) is 19.4 Å². The first-order valence-electron chi connectivity index (χ1n) is 19.2. The second-order valence-corrected chi connectivity index (χ2v) is 15.9. The van der Waals surface area contributed by atoms with Gasteiger partial charge in [0.1, 0.15) is 17.5 Å². The number of amides is 4. The van der Waals surface area contributed by atoms with Crippen LogP contribution in [0.15, 0.2) is 59.8 Å². The SMILES string of the molecule is COc1cc(-c2cn(C)c(=O)c3cnccc23)cc(OC)c1CN1CC(SNCCN2CCN(c3ccc4c(c3)C(=O)N(C3CCC(=O)NC3=O)C4=O)CC2)C1.O=CO. The molecule has 0 aliphatic carbocycles. The van der Waals surface area contributed by atoms with Crippen molar-refractivity contribution in [2.75, 3.05) is 71.5 Å². The molecule has 0 spiro atoms. The van der Waals surface area contributed by atoms with Gasteiger partial charge < -0.3 is 24.0 Å². The van der Waals surface area contributed by atoms with Gasteiger partial charge in [-0.05, 0) is 53.8 Å². The van der Waals surface area contributed by atoms with Crippen molar-refractivity contribution in [2.24, 2.45) is 7.05 Å². The number of anilines is 1. The van der Waals surface area contributed by atoms with Crippen molar-refractivity contribution in [3.05, 3.63) is 82.0 Å². The Balaban J connectivity index is 0.00000171. The van der Waals surface area contributed by atoms with Gasteiger partial charge >= 0.3 is 0 Å². The van der Waals surface area contributed by atoms with Crippen LogP contribution >= 0.6 is 11.9 Å². The summed E-state index contributed by atoms with van der Waals surface area (Å²) in [6, 6.07) is 10.2. The number of fused-ring (bicyclic) bond motifs is 2. The maximum atomic E-state index is 13.3. The van der Waals surface area contributed by atoms with Gasteiger partial charge in [-0.25, -0.2) is 0 Å². The molecule has 0 saturated carbocycles. The molecule has 0 radical (unpaired) electrons. The average Bonchev–Trinajstić information content (AvgIpc) is 3.47. The zero-order valence-corrected chi connectivity index (χ0v) is 33.8. The maximum absolute atomic E-state index is 13.3. The molecule has 3 saturated heterocycles. The lowest BCUT2D eigenvalue weighted by atomic mass is 9.98. The first kappa shape index (κ1) is 41.3. The van der Waals surface area contributed by atoms with Crippen LogP contribution in [-0.4, -0.2) is 137 Å². The molecular weight excluding hydrogens is 781 g/mol. The fourth-order valence-corrected chi connectivity index (χ4v) is 9.07. The number of carboxylic acid groups (broad SMARTS) is 1. The zero-order valence-electron chi connectivity index (χ0n) is 33.0. The molecule has 4 aliphatic heterocycles. The van der Waals surface area contributed by atoms with E-state index in [-0.39, 0.29) is 24.9 Å². The summed E-state index contributed by atoms with van der Waals surface area (Å²) in [5.74, 6) is -0.506. The van der Waals surface area contributed by atoms with Crippen LogP contribution in [0.1, 0.15) is 39.1 Å². The molecular formula is C41H46N8O9S. The Bertz CT molecular complexity index is 2320. The van der Waals surface area contributed by atoms with Crippen LogP contribution in [-0.2, 0) is 28.0 Å². The van der Waals surface area contributed by atoms with E-state index < -0.39 is 29.7 Å². The minimum Gasteiger partial charge on any atom is -0.496 e. The highest BCUT2D eigenvalue weighted by molar-refractivity contribution is 7.98. The molecule has 8 rings (SSSR count). The number of likely N-dealkylation sites (tertiary alicyclic amines) is 1. The quantitative estimate of drug-likeness (QED) is 0.0812. The minimum atomic E-state index is -0.972. The average molecular weight is 827 g/mol. The van der Waals surface area contributed by atoms with Crippen LogP contribution in [0.5, 0.6) is 11.5 Å². The van der Waals surface area contributed by atoms with Crippen molar-refractivity contribution in [1.82, 2.24) is 34.3 Å². The Morgan fingerprint density at radius 3 is 2.29 bits per heavy atom. The number of piperazine rings is 1. The Hall–Kier alpha value is -5.82. The van der Waals surface area contributed by atoms with E-state index in [1.54, 1.807) is 62.3 Å². The number of methoxy groups -OCH3 is 2. The molecule has 6 heterocycles. The van der Waals surface area contributed by atoms with Crippen LogP contribution in [0.2, 0.25) is 0 Å². The Kier molecular flexibility index (Phi) is 12.6. The van der Waals surface area contributed by atoms with E-state index in [2.05, 4.69) is 29.7 Å². The molecule has 1 atom stereocenters. The molecule has 2 aromatic heterocycles. The van der Waals surface area contributed by atoms with Crippen molar-refractivity contribution in [3.63, 3.8) is 0 Å². The number of aromatic nitrogens is 2. The van der Waals surface area contributed by atoms with Crippen LogP contribution in [0, 0.1) is 0 Å². The number of carbonyl (C=O) groups is 5. The molecule has 4 aliphatic rings. The number of nitrogens with one attached hydrogen (secondary N) is 2. The summed E-state index contributed by atoms with van der Waals surface area (Å²) in [6.45, 7) is 7.39. The number of piperidine rings is 1. The van der Waals surface area contributed by atoms with Crippen LogP contribution in [0.3, 0.4) is 0 Å². The van der Waals surface area contributed by atoms with Crippen LogP contribution in [0.4, 0.5) is 5.69 Å². The van der Waals surface area contributed by atoms with Gasteiger partial charge in [0.2, 0.25) is 11.8 Å². The molecule has 3 fully saturated rings. The molecule has 59 heavy (non-hydrogen) atoms. The number of pyridine rings is 2. The van der Waals surface area contributed by atoms with Gasteiger partial charge in [-0.1, -0.05) is 11.9 Å². The van der Waals surface area contributed by atoms with Crippen molar-refractivity contribution in [3.8, 4) is 22.6 Å². The lowest BCUT2D eigenvalue weighted by molar-refractivity contribution is -0.136. The molecule has 4 amide bonds. The Morgan fingerprint density at radius 2 is 1.61 bits per heavy atom. The third-order valence-electron chi connectivity index (χ3n) is 11.1. The lowest BCUT2D eigenvalue weighted by Gasteiger charge is -2.39. The summed E-state index contributed by atoms with van der Waals surface area (Å²) in [7, 11) is 5.08. The summed E-state index contributed by atoms with van der Waals surface area (Å²) in [4.78, 5) is 83.6. The number of aryl methyl sites for hydroxylation is 1. The Labute approximate surface area is 344 Å². The van der Waals surface area contributed by atoms with E-state index in [0.29, 0.717) is 28.3 Å². The fraction of sp³-hybridized carbons (Fsp3) is 0.390. The van der Waals surface area contributed by atoms with Crippen LogP contribution in [0.25, 0.3) is 21.9 Å². The molecule has 0 bridgehead atoms. The van der Waals surface area contributed by atoms with Gasteiger partial charge in [0.25, 0.3) is 23.8 Å². The second-order valence-electron chi connectivity index (χ2n) is 14.7. The molecule has 18 heteroatoms. The molecule has 310 valence electrons. The number of imide groups is 2. The zero-order chi connectivity index (χ0) is 41.8. The minimum absolute atomic E-state index is 0.0919. The highest BCUT2D eigenvalue weighted by atomic mass is 32.2. The number of ether oxygens (including phenoxy) is 2. The van der Waals surface area contributed by atoms with E-state index in [0.717, 1.165) is 96.5 Å². The normalized spacial score (nSPS) is 18.6. The number of benzene rings is 2. The molecule has 3 N–H and O–H groups in total. The lowest BCUT2D eigenvalue weighted by Crippen LogP contribution is -2.54. The topological polar surface area (TPSA) is 196 Å². The molecule has 2 aromatic carbocycles. The molecule has 17 nitrogen and oxygen atoms in total. The Morgan fingerprint density at radius 1 is 0.915 bits per heavy atom. The van der Waals surface area contributed by atoms with Crippen LogP contribution < -0.4 is 30.0 Å². The van der Waals surface area contributed by atoms with E-state index in [9.17, 15) is 24.0 Å². The van der Waals surface area contributed by atoms with Gasteiger partial charge in [0.05, 0.1) is 36.3 Å². The number of hydrogen-bond acceptors (Lipinski definition) is 14. The summed E-state index contributed by atoms with van der Waals surface area (Å²) in [5, 5.41) is 11.0. The number of carbonyl (C=O) groups excluding carboxylic acids is 4. The molecule has 4 aromatic rings. The smallest absolute Gasteiger partial charge is 0.290 e. The summed E-state index contributed by atoms with van der Waals surface area (Å²) in [5.41, 5.74) is 4.16. The van der Waals surface area contributed by atoms with Crippen molar-refractivity contribution < 1.29 is 38.6 Å². The number of hydrogen-bond donors (Lipinski definition) is 3. The summed E-state index contributed by atoms with van der Waals surface area (Å²) < 4.78 is 16.9. The van der Waals surface area contributed by atoms with E-state index >= 15 is 0 Å². The third-order valence-corrected chi connectivity index (χ3v) is 12.2. The standard InChI is InChI=1S/C40H44N8O7S.CH2O2/c1-44-22-31(27-8-9-41-19-30(27)38(44)51)24-16-34(54-2)32(35(17-24)55-3)23-46-20-26(21-46)56-42-10-11-45-12-14-47(15-13-45)25-4-5-28-29(18-25)40(53)48(39(28)52)33-6-7-36(49)43-37(33)50;2-1-3/h4-5,8-9,16-19,22,26,33,42H,6-7,10-15,20-21,23H2,1-3H3,(H,43,49,50);1H,(H,2,3). The fourth-order valence-electron chi connectivity index (χ4n) is 8.05. The molecule has 1 unspecified atom stereocenters. The van der Waals surface area contributed by atoms with Crippen molar-refractivity contribution >= 4 is 58.5 Å². The summed E-state index contributed by atoms with van der Waals surface area (Å²) >= 11 is 1.78. The second kappa shape index (κ2) is 18.0. The first-order valence-corrected chi connectivity index (χ1v) is 20.1. The predicted octanol–water partition coefficient (Wildman–Crippen LogP) is 1.96. The van der Waals surface area contributed by atoms with Crippen molar-refractivity contribution in [1.29, 1.82) is 0 Å². The monoisotopic (exact) mass is 826 g/mol. The van der Waals surface area contributed by atoms with Gasteiger partial charge in [-0.3, -0.25) is 58.5 Å². The van der Waals surface area contributed by atoms with Gasteiger partial charge in [-0.15, -0.1) is 0 Å². The number of nitrogens with zero attached hydrogens (tertiary/aromatic N) is 6. The maximum Gasteiger partial charge on any atom is 0.290 e. The van der Waals surface area contributed by atoms with Gasteiger partial charge in [0.15, 0.2) is 0 Å². The van der Waals surface area contributed by atoms with E-state index in [1.807, 2.05) is 30.5 Å². The largest absolute Gasteiger partial charge is 0.496 e. The highest BCUT2D eigenvalue weighted by Gasteiger charge is 2.45. The van der Waals surface area contributed by atoms with Gasteiger partial charge in [-0.2, -0.15) is 0 Å². The van der Waals surface area contributed by atoms with E-state index in [1.165, 1.54) is 0 Å². The highest BCUT2D eigenvalue weighted by Crippen LogP contribution is 2.39. The van der Waals surface area contributed by atoms with Gasteiger partial charge in [0, 0.05) is 107 Å². The predicted molar refractivity (Wildman–Crippen MR) is 221 cm³/mol. The summed E-state index contributed by atoms with van der Waals surface area (Å²) in [6.07, 6.45) is 5.37. The first-order chi connectivity index (χ1) is 28.5.